The fourth-order valence-electron chi connectivity index (χ4n) is 0.466. The first-order valence-corrected chi connectivity index (χ1v) is 4.72. The van der Waals surface area contributed by atoms with Crippen molar-refractivity contribution in [1.82, 2.24) is 5.32 Å². The Kier molecular flexibility index (Phi) is 8.54. The summed E-state index contributed by atoms with van der Waals surface area (Å²) in [5.41, 5.74) is 0. The van der Waals surface area contributed by atoms with E-state index in [9.17, 15) is 8.42 Å². The molecule has 11 heavy (non-hydrogen) atoms. The SMILES string of the molecule is CCOS(=O)(=O)CCNC.Cl. The second kappa shape index (κ2) is 6.84. The monoisotopic (exact) mass is 203 g/mol. The minimum atomic E-state index is -3.26. The van der Waals surface area contributed by atoms with Gasteiger partial charge in [0.25, 0.3) is 10.1 Å². The summed E-state index contributed by atoms with van der Waals surface area (Å²) in [7, 11) is -1.56. The molecule has 0 radical (unpaired) electrons. The molecule has 0 atom stereocenters. The van der Waals surface area contributed by atoms with E-state index in [1.807, 2.05) is 0 Å². The van der Waals surface area contributed by atoms with E-state index >= 15 is 0 Å². The second-order valence-corrected chi connectivity index (χ2v) is 3.53. The molecule has 1 N–H and O–H groups in total. The Hall–Kier alpha value is 0.160. The van der Waals surface area contributed by atoms with Crippen LogP contribution in [0.4, 0.5) is 0 Å². The highest BCUT2D eigenvalue weighted by Gasteiger charge is 2.07. The summed E-state index contributed by atoms with van der Waals surface area (Å²) in [6.45, 7) is 2.30. The minimum absolute atomic E-state index is 0. The van der Waals surface area contributed by atoms with Crippen molar-refractivity contribution in [1.29, 1.82) is 0 Å². The van der Waals surface area contributed by atoms with E-state index in [0.29, 0.717) is 6.54 Å². The highest BCUT2D eigenvalue weighted by Crippen LogP contribution is 1.90. The van der Waals surface area contributed by atoms with E-state index in [1.165, 1.54) is 0 Å². The molecule has 0 aliphatic heterocycles. The topological polar surface area (TPSA) is 55.4 Å². The fraction of sp³-hybridized carbons (Fsp3) is 1.00. The molecule has 0 heterocycles. The molecule has 0 spiro atoms. The van der Waals surface area contributed by atoms with Gasteiger partial charge in [-0.1, -0.05) is 0 Å². The van der Waals surface area contributed by atoms with E-state index in [4.69, 9.17) is 0 Å². The van der Waals surface area contributed by atoms with Crippen molar-refractivity contribution in [2.45, 2.75) is 6.92 Å². The molecule has 70 valence electrons. The summed E-state index contributed by atoms with van der Waals surface area (Å²) in [6.07, 6.45) is 0. The summed E-state index contributed by atoms with van der Waals surface area (Å²) in [5, 5.41) is 2.72. The number of nitrogens with one attached hydrogen (secondary N) is 1. The van der Waals surface area contributed by atoms with Crippen molar-refractivity contribution < 1.29 is 12.6 Å². The van der Waals surface area contributed by atoms with Crippen molar-refractivity contribution in [3.63, 3.8) is 0 Å². The van der Waals surface area contributed by atoms with Crippen LogP contribution in [0.25, 0.3) is 0 Å². The van der Waals surface area contributed by atoms with Gasteiger partial charge in [-0.3, -0.25) is 4.18 Å². The van der Waals surface area contributed by atoms with E-state index in [2.05, 4.69) is 9.50 Å². The largest absolute Gasteiger partial charge is 0.319 e. The van der Waals surface area contributed by atoms with Crippen LogP contribution in [0.2, 0.25) is 0 Å². The van der Waals surface area contributed by atoms with Gasteiger partial charge in [-0.15, -0.1) is 12.4 Å². The Labute approximate surface area is 73.8 Å². The third-order valence-corrected chi connectivity index (χ3v) is 2.20. The lowest BCUT2D eigenvalue weighted by molar-refractivity contribution is 0.338. The van der Waals surface area contributed by atoms with Crippen molar-refractivity contribution in [3.8, 4) is 0 Å². The highest BCUT2D eigenvalue weighted by atomic mass is 35.5. The van der Waals surface area contributed by atoms with Gasteiger partial charge in [0.15, 0.2) is 0 Å². The van der Waals surface area contributed by atoms with Gasteiger partial charge in [0.05, 0.1) is 12.4 Å². The van der Waals surface area contributed by atoms with Crippen LogP contribution < -0.4 is 5.32 Å². The third kappa shape index (κ3) is 8.06. The van der Waals surface area contributed by atoms with Crippen LogP contribution in [0.15, 0.2) is 0 Å². The molecule has 0 unspecified atom stereocenters. The zero-order valence-corrected chi connectivity index (χ0v) is 8.30. The average molecular weight is 204 g/mol. The summed E-state index contributed by atoms with van der Waals surface area (Å²) in [6, 6.07) is 0. The first-order valence-electron chi connectivity index (χ1n) is 3.14. The first kappa shape index (κ1) is 13.7. The lowest BCUT2D eigenvalue weighted by Crippen LogP contribution is -2.20. The quantitative estimate of drug-likeness (QED) is 0.639. The maximum absolute atomic E-state index is 10.7. The molecule has 0 aliphatic rings. The standard InChI is InChI=1S/C5H13NO3S.ClH/c1-3-9-10(7,8)5-4-6-2;/h6H,3-5H2,1-2H3;1H. The number of hydrogen-bond acceptors (Lipinski definition) is 4. The Morgan fingerprint density at radius 3 is 2.36 bits per heavy atom. The molecule has 0 bridgehead atoms. The van der Waals surface area contributed by atoms with Gasteiger partial charge in [-0.25, -0.2) is 0 Å². The van der Waals surface area contributed by atoms with Crippen molar-refractivity contribution >= 4 is 22.5 Å². The maximum Gasteiger partial charge on any atom is 0.268 e. The predicted octanol–water partition coefficient (Wildman–Crippen LogP) is -0.00610. The van der Waals surface area contributed by atoms with E-state index < -0.39 is 10.1 Å². The summed E-state index contributed by atoms with van der Waals surface area (Å²) in [5.74, 6) is 0.0390. The number of rotatable bonds is 5. The van der Waals surface area contributed by atoms with E-state index in [0.717, 1.165) is 0 Å². The van der Waals surface area contributed by atoms with Crippen molar-refractivity contribution in [2.24, 2.45) is 0 Å². The van der Waals surface area contributed by atoms with E-state index in [-0.39, 0.29) is 24.8 Å². The van der Waals surface area contributed by atoms with Gasteiger partial charge in [0.2, 0.25) is 0 Å². The van der Waals surface area contributed by atoms with Gasteiger partial charge in [0, 0.05) is 6.54 Å². The molecule has 0 aliphatic carbocycles. The van der Waals surface area contributed by atoms with Crippen molar-refractivity contribution in [3.05, 3.63) is 0 Å². The fourth-order valence-corrected chi connectivity index (χ4v) is 1.40. The molecule has 0 saturated carbocycles. The van der Waals surface area contributed by atoms with Gasteiger partial charge in [-0.05, 0) is 14.0 Å². The molecule has 0 rings (SSSR count). The minimum Gasteiger partial charge on any atom is -0.319 e. The lowest BCUT2D eigenvalue weighted by atomic mass is 10.8. The van der Waals surface area contributed by atoms with Crippen LogP contribution in [0, 0.1) is 0 Å². The molecule has 0 aromatic heterocycles. The Morgan fingerprint density at radius 1 is 1.45 bits per heavy atom. The van der Waals surface area contributed by atoms with E-state index in [1.54, 1.807) is 14.0 Å². The molecular formula is C5H14ClNO3S. The number of hydrogen-bond donors (Lipinski definition) is 1. The first-order chi connectivity index (χ1) is 4.62. The second-order valence-electron chi connectivity index (χ2n) is 1.77. The van der Waals surface area contributed by atoms with Gasteiger partial charge in [-0.2, -0.15) is 8.42 Å². The van der Waals surface area contributed by atoms with Gasteiger partial charge >= 0.3 is 0 Å². The molecule has 0 fully saturated rings. The molecule has 4 nitrogen and oxygen atoms in total. The average Bonchev–Trinajstić information content (AvgIpc) is 1.84. The third-order valence-electron chi connectivity index (χ3n) is 0.899. The van der Waals surface area contributed by atoms with Crippen LogP contribution in [0.1, 0.15) is 6.92 Å². The normalized spacial score (nSPS) is 10.7. The zero-order valence-electron chi connectivity index (χ0n) is 6.66. The van der Waals surface area contributed by atoms with Gasteiger partial charge in [0.1, 0.15) is 0 Å². The summed E-state index contributed by atoms with van der Waals surface area (Å²) in [4.78, 5) is 0. The molecule has 0 aromatic rings. The Bertz CT molecular complexity index is 169. The van der Waals surface area contributed by atoms with Crippen molar-refractivity contribution in [2.75, 3.05) is 26.0 Å². The molecular weight excluding hydrogens is 190 g/mol. The summed E-state index contributed by atoms with van der Waals surface area (Å²) < 4.78 is 25.9. The molecule has 6 heteroatoms. The van der Waals surface area contributed by atoms with Crippen LogP contribution in [0.3, 0.4) is 0 Å². The Balaban J connectivity index is 0. The van der Waals surface area contributed by atoms with Crippen LogP contribution in [-0.4, -0.2) is 34.4 Å². The van der Waals surface area contributed by atoms with Gasteiger partial charge < -0.3 is 5.32 Å². The van der Waals surface area contributed by atoms with Crippen LogP contribution in [0.5, 0.6) is 0 Å². The smallest absolute Gasteiger partial charge is 0.268 e. The molecule has 0 amide bonds. The summed E-state index contributed by atoms with van der Waals surface area (Å²) >= 11 is 0. The maximum atomic E-state index is 10.7. The zero-order chi connectivity index (χ0) is 8.04. The number of halogens is 1. The lowest BCUT2D eigenvalue weighted by Gasteiger charge is -2.00. The highest BCUT2D eigenvalue weighted by molar-refractivity contribution is 7.86. The Morgan fingerprint density at radius 2 is 2.00 bits per heavy atom. The molecule has 0 saturated heterocycles. The molecule has 0 aromatic carbocycles. The van der Waals surface area contributed by atoms with Crippen LogP contribution >= 0.6 is 12.4 Å². The van der Waals surface area contributed by atoms with Crippen LogP contribution in [-0.2, 0) is 14.3 Å². The predicted molar refractivity (Wildman–Crippen MR) is 46.6 cm³/mol.